The average molecular weight is 335 g/mol. The highest BCUT2D eigenvalue weighted by Gasteiger charge is 2.22. The van der Waals surface area contributed by atoms with Gasteiger partial charge in [0.05, 0.1) is 11.3 Å². The van der Waals surface area contributed by atoms with Gasteiger partial charge < -0.3 is 19.9 Å². The number of anilines is 1. The second-order valence-electron chi connectivity index (χ2n) is 5.57. The number of rotatable bonds is 3. The van der Waals surface area contributed by atoms with Crippen LogP contribution >= 0.6 is 0 Å². The maximum atomic E-state index is 12.6. The van der Waals surface area contributed by atoms with Crippen LogP contribution in [0.1, 0.15) is 20.7 Å². The fourth-order valence-electron chi connectivity index (χ4n) is 2.75. The Hall–Kier alpha value is -3.54. The number of fused-ring (bicyclic) bond motifs is 2. The van der Waals surface area contributed by atoms with Crippen molar-refractivity contribution in [1.29, 1.82) is 0 Å². The standard InChI is InChI=1S/C19H13NO5/c21-18(13-6-5-11-3-1-2-4-12(11)7-13)20-15-9-17-16(24-10-25-17)8-14(15)19(22)23/h1-9H,10H2,(H,20,21)(H,22,23). The Kier molecular flexibility index (Phi) is 3.50. The first kappa shape index (κ1) is 15.0. The lowest BCUT2D eigenvalue weighted by Gasteiger charge is -2.10. The molecule has 0 spiro atoms. The summed E-state index contributed by atoms with van der Waals surface area (Å²) in [5, 5.41) is 14.0. The van der Waals surface area contributed by atoms with Crippen LogP contribution in [0.4, 0.5) is 5.69 Å². The van der Waals surface area contributed by atoms with Crippen LogP contribution in [0.2, 0.25) is 0 Å². The fraction of sp³-hybridized carbons (Fsp3) is 0.0526. The quantitative estimate of drug-likeness (QED) is 0.765. The number of hydrogen-bond acceptors (Lipinski definition) is 4. The summed E-state index contributed by atoms with van der Waals surface area (Å²) in [7, 11) is 0. The third-order valence-corrected chi connectivity index (χ3v) is 4.00. The zero-order valence-corrected chi connectivity index (χ0v) is 13.0. The summed E-state index contributed by atoms with van der Waals surface area (Å²) in [5.41, 5.74) is 0.543. The molecule has 0 fully saturated rings. The Bertz CT molecular complexity index is 1010. The van der Waals surface area contributed by atoms with Gasteiger partial charge in [-0.15, -0.1) is 0 Å². The lowest BCUT2D eigenvalue weighted by atomic mass is 10.1. The summed E-state index contributed by atoms with van der Waals surface area (Å²) < 4.78 is 10.4. The van der Waals surface area contributed by atoms with Crippen LogP contribution in [0.25, 0.3) is 10.8 Å². The fourth-order valence-corrected chi connectivity index (χ4v) is 2.75. The second kappa shape index (κ2) is 5.83. The minimum Gasteiger partial charge on any atom is -0.478 e. The summed E-state index contributed by atoms with van der Waals surface area (Å²) in [6.07, 6.45) is 0. The third-order valence-electron chi connectivity index (χ3n) is 4.00. The van der Waals surface area contributed by atoms with Gasteiger partial charge in [-0.2, -0.15) is 0 Å². The molecule has 3 aromatic rings. The Labute approximate surface area is 142 Å². The first-order valence-corrected chi connectivity index (χ1v) is 7.59. The van der Waals surface area contributed by atoms with Gasteiger partial charge in [0.1, 0.15) is 0 Å². The van der Waals surface area contributed by atoms with Crippen molar-refractivity contribution < 1.29 is 24.2 Å². The van der Waals surface area contributed by atoms with E-state index in [2.05, 4.69) is 5.32 Å². The molecule has 6 nitrogen and oxygen atoms in total. The molecule has 6 heteroatoms. The van der Waals surface area contributed by atoms with Crippen molar-refractivity contribution in [2.45, 2.75) is 0 Å². The predicted molar refractivity (Wildman–Crippen MR) is 91.4 cm³/mol. The SMILES string of the molecule is O=C(Nc1cc2c(cc1C(=O)O)OCO2)c1ccc2ccccc2c1. The van der Waals surface area contributed by atoms with Crippen LogP contribution < -0.4 is 14.8 Å². The van der Waals surface area contributed by atoms with Gasteiger partial charge in [-0.25, -0.2) is 4.79 Å². The molecule has 1 amide bonds. The normalized spacial score (nSPS) is 12.2. The van der Waals surface area contributed by atoms with E-state index in [0.717, 1.165) is 10.8 Å². The molecule has 0 unspecified atom stereocenters. The van der Waals surface area contributed by atoms with E-state index in [9.17, 15) is 14.7 Å². The first-order valence-electron chi connectivity index (χ1n) is 7.59. The Morgan fingerprint density at radius 3 is 2.40 bits per heavy atom. The minimum atomic E-state index is -1.16. The number of carbonyl (C=O) groups is 2. The largest absolute Gasteiger partial charge is 0.478 e. The molecule has 0 aliphatic carbocycles. The number of aromatic carboxylic acids is 1. The van der Waals surface area contributed by atoms with Crippen molar-refractivity contribution in [3.63, 3.8) is 0 Å². The van der Waals surface area contributed by atoms with Gasteiger partial charge in [0.25, 0.3) is 5.91 Å². The number of benzene rings is 3. The number of nitrogens with one attached hydrogen (secondary N) is 1. The maximum Gasteiger partial charge on any atom is 0.337 e. The Balaban J connectivity index is 1.69. The van der Waals surface area contributed by atoms with Crippen molar-refractivity contribution in [2.24, 2.45) is 0 Å². The van der Waals surface area contributed by atoms with E-state index in [1.54, 1.807) is 12.1 Å². The maximum absolute atomic E-state index is 12.6. The first-order chi connectivity index (χ1) is 12.1. The summed E-state index contributed by atoms with van der Waals surface area (Å²) in [6, 6.07) is 15.8. The van der Waals surface area contributed by atoms with Crippen LogP contribution in [0, 0.1) is 0 Å². The lowest BCUT2D eigenvalue weighted by molar-refractivity contribution is 0.0697. The lowest BCUT2D eigenvalue weighted by Crippen LogP contribution is -2.14. The molecule has 1 heterocycles. The molecule has 1 aliphatic rings. The van der Waals surface area contributed by atoms with Crippen LogP contribution in [-0.4, -0.2) is 23.8 Å². The molecule has 0 saturated heterocycles. The monoisotopic (exact) mass is 335 g/mol. The van der Waals surface area contributed by atoms with E-state index in [1.807, 2.05) is 30.3 Å². The number of carboxylic acid groups (broad SMARTS) is 1. The number of ether oxygens (including phenoxy) is 2. The molecule has 124 valence electrons. The van der Waals surface area contributed by atoms with Gasteiger partial charge in [-0.05, 0) is 22.9 Å². The van der Waals surface area contributed by atoms with Crippen LogP contribution in [0.3, 0.4) is 0 Å². The molecular formula is C19H13NO5. The molecule has 0 aromatic heterocycles. The highest BCUT2D eigenvalue weighted by atomic mass is 16.7. The van der Waals surface area contributed by atoms with Gasteiger partial charge in [0, 0.05) is 17.7 Å². The van der Waals surface area contributed by atoms with Crippen LogP contribution in [-0.2, 0) is 0 Å². The van der Waals surface area contributed by atoms with Gasteiger partial charge in [-0.3, -0.25) is 4.79 Å². The second-order valence-corrected chi connectivity index (χ2v) is 5.57. The zero-order chi connectivity index (χ0) is 17.4. The number of amides is 1. The highest BCUT2D eigenvalue weighted by molar-refractivity contribution is 6.09. The van der Waals surface area contributed by atoms with Gasteiger partial charge in [-0.1, -0.05) is 30.3 Å². The number of carboxylic acids is 1. The van der Waals surface area contributed by atoms with Crippen molar-refractivity contribution in [3.05, 3.63) is 65.7 Å². The molecular weight excluding hydrogens is 322 g/mol. The van der Waals surface area contributed by atoms with Crippen molar-refractivity contribution >= 4 is 28.3 Å². The molecule has 0 saturated carbocycles. The number of hydrogen-bond donors (Lipinski definition) is 2. The van der Waals surface area contributed by atoms with Crippen LogP contribution in [0.15, 0.2) is 54.6 Å². The summed E-state index contributed by atoms with van der Waals surface area (Å²) in [5.74, 6) is -0.806. The molecule has 0 radical (unpaired) electrons. The summed E-state index contributed by atoms with van der Waals surface area (Å²) in [4.78, 5) is 24.0. The Morgan fingerprint density at radius 2 is 1.64 bits per heavy atom. The number of carbonyl (C=O) groups excluding carboxylic acids is 1. The van der Waals surface area contributed by atoms with Gasteiger partial charge >= 0.3 is 5.97 Å². The van der Waals surface area contributed by atoms with Gasteiger partial charge in [0.2, 0.25) is 6.79 Å². The Morgan fingerprint density at radius 1 is 0.920 bits per heavy atom. The van der Waals surface area contributed by atoms with Crippen molar-refractivity contribution in [3.8, 4) is 11.5 Å². The van der Waals surface area contributed by atoms with E-state index in [1.165, 1.54) is 12.1 Å². The molecule has 0 atom stereocenters. The van der Waals surface area contributed by atoms with Crippen molar-refractivity contribution in [2.75, 3.05) is 12.1 Å². The molecule has 2 N–H and O–H groups in total. The summed E-state index contributed by atoms with van der Waals surface area (Å²) in [6.45, 7) is 0.0243. The highest BCUT2D eigenvalue weighted by Crippen LogP contribution is 2.37. The average Bonchev–Trinajstić information content (AvgIpc) is 3.07. The van der Waals surface area contributed by atoms with Crippen LogP contribution in [0.5, 0.6) is 11.5 Å². The minimum absolute atomic E-state index is 0.0243. The summed E-state index contributed by atoms with van der Waals surface area (Å²) >= 11 is 0. The third kappa shape index (κ3) is 2.74. The molecule has 3 aromatic carbocycles. The van der Waals surface area contributed by atoms with Crippen molar-refractivity contribution in [1.82, 2.24) is 0 Å². The van der Waals surface area contributed by atoms with E-state index in [4.69, 9.17) is 9.47 Å². The van der Waals surface area contributed by atoms with Gasteiger partial charge in [0.15, 0.2) is 11.5 Å². The van der Waals surface area contributed by atoms with E-state index >= 15 is 0 Å². The molecule has 25 heavy (non-hydrogen) atoms. The zero-order valence-electron chi connectivity index (χ0n) is 13.0. The topological polar surface area (TPSA) is 84.9 Å². The van der Waals surface area contributed by atoms with E-state index in [0.29, 0.717) is 17.1 Å². The van der Waals surface area contributed by atoms with E-state index < -0.39 is 11.9 Å². The smallest absolute Gasteiger partial charge is 0.337 e. The molecule has 0 bridgehead atoms. The molecule has 4 rings (SSSR count). The predicted octanol–water partition coefficient (Wildman–Crippen LogP) is 3.52. The molecule has 1 aliphatic heterocycles. The van der Waals surface area contributed by atoms with E-state index in [-0.39, 0.29) is 18.0 Å².